The van der Waals surface area contributed by atoms with Gasteiger partial charge in [0, 0.05) is 22.6 Å². The van der Waals surface area contributed by atoms with E-state index in [0.717, 1.165) is 41.2 Å². The van der Waals surface area contributed by atoms with Crippen molar-refractivity contribution < 1.29 is 4.74 Å². The lowest BCUT2D eigenvalue weighted by atomic mass is 10.1. The highest BCUT2D eigenvalue weighted by atomic mass is 35.5. The summed E-state index contributed by atoms with van der Waals surface area (Å²) in [6, 6.07) is 21.0. The molecule has 5 nitrogen and oxygen atoms in total. The molecule has 0 aliphatic rings. The molecule has 0 spiro atoms. The number of nitrogen functional groups attached to an aromatic ring is 1. The van der Waals surface area contributed by atoms with Crippen molar-refractivity contribution in [3.8, 4) is 11.5 Å². The topological polar surface area (TPSA) is 73.1 Å². The Kier molecular flexibility index (Phi) is 5.26. The van der Waals surface area contributed by atoms with Gasteiger partial charge in [-0.3, -0.25) is 0 Å². The molecule has 0 fully saturated rings. The SMILES string of the molecule is Nc1ccc2ncnc(NCCc3ccc(Oc4ccc(Cl)cc4)cc3)c2c1. The first-order valence-corrected chi connectivity index (χ1v) is 9.32. The van der Waals surface area contributed by atoms with E-state index >= 15 is 0 Å². The van der Waals surface area contributed by atoms with Crippen LogP contribution in [0.2, 0.25) is 5.02 Å². The average molecular weight is 391 g/mol. The van der Waals surface area contributed by atoms with Gasteiger partial charge in [-0.25, -0.2) is 9.97 Å². The van der Waals surface area contributed by atoms with Gasteiger partial charge in [-0.1, -0.05) is 23.7 Å². The Labute approximate surface area is 168 Å². The number of anilines is 2. The molecule has 28 heavy (non-hydrogen) atoms. The van der Waals surface area contributed by atoms with Crippen LogP contribution < -0.4 is 15.8 Å². The maximum Gasteiger partial charge on any atom is 0.137 e. The van der Waals surface area contributed by atoms with Gasteiger partial charge in [0.2, 0.25) is 0 Å². The third-order valence-electron chi connectivity index (χ3n) is 4.34. The van der Waals surface area contributed by atoms with Gasteiger partial charge in [-0.05, 0) is 66.6 Å². The van der Waals surface area contributed by atoms with E-state index in [1.807, 2.05) is 42.5 Å². The Morgan fingerprint density at radius 2 is 1.61 bits per heavy atom. The van der Waals surface area contributed by atoms with Crippen LogP contribution in [0.5, 0.6) is 11.5 Å². The number of fused-ring (bicyclic) bond motifs is 1. The number of benzene rings is 3. The highest BCUT2D eigenvalue weighted by Crippen LogP contribution is 2.24. The molecule has 0 bridgehead atoms. The van der Waals surface area contributed by atoms with Crippen molar-refractivity contribution in [2.24, 2.45) is 0 Å². The van der Waals surface area contributed by atoms with Gasteiger partial charge >= 0.3 is 0 Å². The average Bonchev–Trinajstić information content (AvgIpc) is 2.71. The van der Waals surface area contributed by atoms with Crippen LogP contribution in [0.15, 0.2) is 73.1 Å². The number of rotatable bonds is 6. The van der Waals surface area contributed by atoms with E-state index in [1.165, 1.54) is 5.56 Å². The van der Waals surface area contributed by atoms with Gasteiger partial charge in [0.15, 0.2) is 0 Å². The lowest BCUT2D eigenvalue weighted by molar-refractivity contribution is 0.482. The minimum atomic E-state index is 0.689. The first kappa shape index (κ1) is 18.1. The van der Waals surface area contributed by atoms with Gasteiger partial charge in [0.1, 0.15) is 23.6 Å². The van der Waals surface area contributed by atoms with Crippen molar-refractivity contribution in [3.63, 3.8) is 0 Å². The molecule has 0 radical (unpaired) electrons. The number of nitrogens with one attached hydrogen (secondary N) is 1. The molecular formula is C22H19ClN4O. The monoisotopic (exact) mass is 390 g/mol. The molecule has 0 aliphatic heterocycles. The highest BCUT2D eigenvalue weighted by molar-refractivity contribution is 6.30. The fourth-order valence-corrected chi connectivity index (χ4v) is 3.03. The first-order chi connectivity index (χ1) is 13.7. The van der Waals surface area contributed by atoms with Crippen LogP contribution in [-0.2, 0) is 6.42 Å². The van der Waals surface area contributed by atoms with E-state index in [-0.39, 0.29) is 0 Å². The van der Waals surface area contributed by atoms with Gasteiger partial charge < -0.3 is 15.8 Å². The zero-order valence-electron chi connectivity index (χ0n) is 15.1. The summed E-state index contributed by atoms with van der Waals surface area (Å²) in [6.07, 6.45) is 2.42. The standard InChI is InChI=1S/C22H19ClN4O/c23-16-3-8-19(9-4-16)28-18-6-1-15(2-7-18)11-12-25-22-20-13-17(24)5-10-21(20)26-14-27-22/h1-10,13-14H,11-12,24H2,(H,25,26,27). The van der Waals surface area contributed by atoms with Crippen LogP contribution >= 0.6 is 11.6 Å². The van der Waals surface area contributed by atoms with Crippen molar-refractivity contribution in [1.82, 2.24) is 9.97 Å². The summed E-state index contributed by atoms with van der Waals surface area (Å²) in [5, 5.41) is 4.99. The number of halogens is 1. The summed E-state index contributed by atoms with van der Waals surface area (Å²) in [4.78, 5) is 8.61. The predicted molar refractivity (Wildman–Crippen MR) is 114 cm³/mol. The van der Waals surface area contributed by atoms with E-state index in [1.54, 1.807) is 18.5 Å². The smallest absolute Gasteiger partial charge is 0.137 e. The van der Waals surface area contributed by atoms with Crippen molar-refractivity contribution in [2.75, 3.05) is 17.6 Å². The third kappa shape index (κ3) is 4.32. The number of hydrogen-bond donors (Lipinski definition) is 2. The highest BCUT2D eigenvalue weighted by Gasteiger charge is 2.04. The summed E-state index contributed by atoms with van der Waals surface area (Å²) >= 11 is 5.89. The quantitative estimate of drug-likeness (QED) is 0.436. The molecule has 6 heteroatoms. The van der Waals surface area contributed by atoms with E-state index < -0.39 is 0 Å². The molecule has 0 aliphatic carbocycles. The van der Waals surface area contributed by atoms with Crippen LogP contribution in [0.1, 0.15) is 5.56 Å². The molecule has 3 aromatic carbocycles. The largest absolute Gasteiger partial charge is 0.457 e. The molecule has 4 rings (SSSR count). The molecule has 0 unspecified atom stereocenters. The number of aromatic nitrogens is 2. The third-order valence-corrected chi connectivity index (χ3v) is 4.59. The first-order valence-electron chi connectivity index (χ1n) is 8.94. The Balaban J connectivity index is 1.37. The molecular weight excluding hydrogens is 372 g/mol. The summed E-state index contributed by atoms with van der Waals surface area (Å²) in [5.74, 6) is 2.34. The normalized spacial score (nSPS) is 10.8. The second-order valence-electron chi connectivity index (χ2n) is 6.38. The number of nitrogens with two attached hydrogens (primary N) is 1. The second-order valence-corrected chi connectivity index (χ2v) is 6.81. The lowest BCUT2D eigenvalue weighted by Crippen LogP contribution is -2.07. The zero-order chi connectivity index (χ0) is 19.3. The molecule has 0 saturated carbocycles. The van der Waals surface area contributed by atoms with E-state index in [9.17, 15) is 0 Å². The van der Waals surface area contributed by atoms with E-state index in [4.69, 9.17) is 22.1 Å². The molecule has 0 saturated heterocycles. The van der Waals surface area contributed by atoms with Gasteiger partial charge in [0.05, 0.1) is 5.52 Å². The van der Waals surface area contributed by atoms with Crippen LogP contribution in [0.3, 0.4) is 0 Å². The summed E-state index contributed by atoms with van der Waals surface area (Å²) in [7, 11) is 0. The van der Waals surface area contributed by atoms with Gasteiger partial charge in [-0.15, -0.1) is 0 Å². The van der Waals surface area contributed by atoms with Gasteiger partial charge in [-0.2, -0.15) is 0 Å². The van der Waals surface area contributed by atoms with Crippen molar-refractivity contribution >= 4 is 34.0 Å². The molecule has 140 valence electrons. The van der Waals surface area contributed by atoms with Crippen LogP contribution in [0.25, 0.3) is 10.9 Å². The molecule has 0 amide bonds. The van der Waals surface area contributed by atoms with Crippen LogP contribution in [0.4, 0.5) is 11.5 Å². The molecule has 3 N–H and O–H groups in total. The lowest BCUT2D eigenvalue weighted by Gasteiger charge is -2.10. The minimum absolute atomic E-state index is 0.689. The number of ether oxygens (including phenoxy) is 1. The minimum Gasteiger partial charge on any atom is -0.457 e. The Morgan fingerprint density at radius 1 is 0.893 bits per heavy atom. The molecule has 1 aromatic heterocycles. The van der Waals surface area contributed by atoms with Gasteiger partial charge in [0.25, 0.3) is 0 Å². The van der Waals surface area contributed by atoms with Crippen molar-refractivity contribution in [2.45, 2.75) is 6.42 Å². The Hall–Kier alpha value is -3.31. The van der Waals surface area contributed by atoms with E-state index in [2.05, 4.69) is 27.4 Å². The molecule has 4 aromatic rings. The van der Waals surface area contributed by atoms with Crippen LogP contribution in [-0.4, -0.2) is 16.5 Å². The Bertz CT molecular complexity index is 1080. The second kappa shape index (κ2) is 8.15. The Morgan fingerprint density at radius 3 is 2.36 bits per heavy atom. The summed E-state index contributed by atoms with van der Waals surface area (Å²) < 4.78 is 5.82. The fraction of sp³-hybridized carbons (Fsp3) is 0.0909. The van der Waals surface area contributed by atoms with Crippen LogP contribution in [0, 0.1) is 0 Å². The maximum absolute atomic E-state index is 5.89. The number of nitrogens with zero attached hydrogens (tertiary/aromatic N) is 2. The fourth-order valence-electron chi connectivity index (χ4n) is 2.90. The summed E-state index contributed by atoms with van der Waals surface area (Å²) in [5.41, 5.74) is 8.66. The maximum atomic E-state index is 5.89. The predicted octanol–water partition coefficient (Wildman–Crippen LogP) is 5.31. The number of hydrogen-bond acceptors (Lipinski definition) is 5. The van der Waals surface area contributed by atoms with E-state index in [0.29, 0.717) is 10.7 Å². The molecule has 0 atom stereocenters. The summed E-state index contributed by atoms with van der Waals surface area (Å²) in [6.45, 7) is 0.748. The molecule has 1 heterocycles. The zero-order valence-corrected chi connectivity index (χ0v) is 15.9. The van der Waals surface area contributed by atoms with Crippen molar-refractivity contribution in [3.05, 3.63) is 83.6 Å². The van der Waals surface area contributed by atoms with Crippen molar-refractivity contribution in [1.29, 1.82) is 0 Å².